The van der Waals surface area contributed by atoms with Gasteiger partial charge in [0.1, 0.15) is 24.1 Å². The van der Waals surface area contributed by atoms with E-state index in [-0.39, 0.29) is 35.4 Å². The molecule has 0 saturated carbocycles. The smallest absolute Gasteiger partial charge is 0.407 e. The molecule has 2 aliphatic rings. The van der Waals surface area contributed by atoms with Gasteiger partial charge in [0.2, 0.25) is 5.88 Å². The summed E-state index contributed by atoms with van der Waals surface area (Å²) in [5, 5.41) is 9.48. The van der Waals surface area contributed by atoms with Gasteiger partial charge in [-0.05, 0) is 24.5 Å². The fraction of sp³-hybridized carbons (Fsp3) is 0.524. The molecule has 10 nitrogen and oxygen atoms in total. The number of nitrogens with zero attached hydrogens (tertiary/aromatic N) is 5. The number of sulfone groups is 1. The molecule has 0 spiro atoms. The molecule has 33 heavy (non-hydrogen) atoms. The van der Waals surface area contributed by atoms with Crippen molar-refractivity contribution < 1.29 is 23.1 Å². The molecule has 2 unspecified atom stereocenters. The van der Waals surface area contributed by atoms with E-state index in [4.69, 9.17) is 4.74 Å². The third-order valence-corrected chi connectivity index (χ3v) is 7.14. The fourth-order valence-electron chi connectivity index (χ4n) is 4.34. The zero-order valence-corrected chi connectivity index (χ0v) is 20.3. The summed E-state index contributed by atoms with van der Waals surface area (Å²) in [5.41, 5.74) is 0.878. The predicted octanol–water partition coefficient (Wildman–Crippen LogP) is 2.94. The van der Waals surface area contributed by atoms with E-state index in [0.29, 0.717) is 49.9 Å². The van der Waals surface area contributed by atoms with Crippen LogP contribution in [0.5, 0.6) is 5.88 Å². The lowest BCUT2D eigenvalue weighted by Gasteiger charge is -2.39. The highest BCUT2D eigenvalue weighted by Gasteiger charge is 2.35. The summed E-state index contributed by atoms with van der Waals surface area (Å²) < 4.78 is 29.6. The molecule has 2 aromatic rings. The number of hydrogen-bond donors (Lipinski definition) is 1. The molecule has 0 radical (unpaired) electrons. The number of pyridine rings is 1. The second kappa shape index (κ2) is 9.68. The van der Waals surface area contributed by atoms with Gasteiger partial charge in [-0.1, -0.05) is 13.8 Å². The van der Waals surface area contributed by atoms with E-state index >= 15 is 0 Å². The lowest BCUT2D eigenvalue weighted by atomic mass is 9.91. The molecule has 12 heteroatoms. The summed E-state index contributed by atoms with van der Waals surface area (Å²) in [6.07, 6.45) is 4.81. The van der Waals surface area contributed by atoms with Crippen LogP contribution in [0.3, 0.4) is 0 Å². The second-order valence-electron chi connectivity index (χ2n) is 8.56. The molecule has 180 valence electrons. The molecule has 1 N–H and O–H groups in total. The first-order valence-corrected chi connectivity index (χ1v) is 12.5. The molecule has 4 rings (SSSR count). The average molecular weight is 498 g/mol. The maximum Gasteiger partial charge on any atom is 0.407 e. The SMILES string of the molecule is CC(C)C1CC(Oc2ncnc3c2CCN3c2ccc(S(C)(=O)=O)cn2)CCN1C(=O)O.Cl. The van der Waals surface area contributed by atoms with Crippen LogP contribution in [0.15, 0.2) is 29.6 Å². The number of aromatic nitrogens is 3. The molecule has 0 aromatic carbocycles. The van der Waals surface area contributed by atoms with Crippen molar-refractivity contribution in [1.82, 2.24) is 19.9 Å². The number of fused-ring (bicyclic) bond motifs is 1. The standard InChI is InChI=1S/C21H27N5O5S.ClH/c1-13(2)17-10-14(6-8-25(17)21(27)28)31-20-16-7-9-26(19(16)23-12-24-20)18-5-4-15(11-22-18)32(3,29)30;/h4-5,11-14,17H,6-10H2,1-3H3,(H,27,28);1H. The molecule has 0 aliphatic carbocycles. The number of carboxylic acid groups (broad SMARTS) is 1. The highest BCUT2D eigenvalue weighted by atomic mass is 35.5. The van der Waals surface area contributed by atoms with Crippen LogP contribution in [0.4, 0.5) is 16.4 Å². The Morgan fingerprint density at radius 1 is 1.21 bits per heavy atom. The van der Waals surface area contributed by atoms with Crippen molar-refractivity contribution in [3.8, 4) is 5.88 Å². The van der Waals surface area contributed by atoms with Gasteiger partial charge in [-0.3, -0.25) is 0 Å². The summed E-state index contributed by atoms with van der Waals surface area (Å²) in [4.78, 5) is 28.2. The number of ether oxygens (including phenoxy) is 1. The Bertz CT molecular complexity index is 1110. The molecule has 4 heterocycles. The van der Waals surface area contributed by atoms with Crippen LogP contribution in [-0.2, 0) is 16.3 Å². The molecule has 2 atom stereocenters. The molecule has 2 aromatic heterocycles. The van der Waals surface area contributed by atoms with E-state index in [2.05, 4.69) is 15.0 Å². The molecule has 1 fully saturated rings. The Morgan fingerprint density at radius 3 is 2.58 bits per heavy atom. The molecule has 2 aliphatic heterocycles. The van der Waals surface area contributed by atoms with Gasteiger partial charge < -0.3 is 19.6 Å². The van der Waals surface area contributed by atoms with Crippen molar-refractivity contribution >= 4 is 40.0 Å². The second-order valence-corrected chi connectivity index (χ2v) is 10.6. The number of amides is 1. The number of carbonyl (C=O) groups is 1. The van der Waals surface area contributed by atoms with Crippen molar-refractivity contribution in [2.45, 2.75) is 50.2 Å². The Labute approximate surface area is 199 Å². The third-order valence-electron chi connectivity index (χ3n) is 6.04. The topological polar surface area (TPSA) is 126 Å². The van der Waals surface area contributed by atoms with Crippen LogP contribution in [-0.4, -0.2) is 71.0 Å². The van der Waals surface area contributed by atoms with Crippen LogP contribution >= 0.6 is 12.4 Å². The predicted molar refractivity (Wildman–Crippen MR) is 124 cm³/mol. The summed E-state index contributed by atoms with van der Waals surface area (Å²) >= 11 is 0. The first-order valence-electron chi connectivity index (χ1n) is 10.6. The van der Waals surface area contributed by atoms with Gasteiger partial charge >= 0.3 is 6.09 Å². The number of halogens is 1. The van der Waals surface area contributed by atoms with Gasteiger partial charge in [0.25, 0.3) is 0 Å². The molecule has 1 amide bonds. The minimum absolute atomic E-state index is 0. The van der Waals surface area contributed by atoms with Gasteiger partial charge in [-0.2, -0.15) is 0 Å². The summed E-state index contributed by atoms with van der Waals surface area (Å²) in [7, 11) is -3.31. The Kier molecular flexibility index (Phi) is 7.32. The lowest BCUT2D eigenvalue weighted by Crippen LogP contribution is -2.50. The van der Waals surface area contributed by atoms with E-state index < -0.39 is 15.9 Å². The summed E-state index contributed by atoms with van der Waals surface area (Å²) in [5.74, 6) is 2.00. The van der Waals surface area contributed by atoms with E-state index in [1.165, 1.54) is 23.5 Å². The number of piperidine rings is 1. The first-order chi connectivity index (χ1) is 15.1. The molecular weight excluding hydrogens is 470 g/mol. The number of hydrogen-bond acceptors (Lipinski definition) is 8. The Morgan fingerprint density at radius 2 is 1.97 bits per heavy atom. The van der Waals surface area contributed by atoms with E-state index in [1.54, 1.807) is 6.07 Å². The summed E-state index contributed by atoms with van der Waals surface area (Å²) in [6.45, 7) is 5.09. The van der Waals surface area contributed by atoms with Crippen molar-refractivity contribution in [2.75, 3.05) is 24.2 Å². The van der Waals surface area contributed by atoms with E-state index in [0.717, 1.165) is 11.8 Å². The summed E-state index contributed by atoms with van der Waals surface area (Å²) in [6, 6.07) is 3.11. The zero-order chi connectivity index (χ0) is 23.0. The van der Waals surface area contributed by atoms with Crippen LogP contribution < -0.4 is 9.64 Å². The number of rotatable bonds is 5. The van der Waals surface area contributed by atoms with Gasteiger partial charge in [0, 0.05) is 44.4 Å². The van der Waals surface area contributed by atoms with Crippen LogP contribution in [0, 0.1) is 5.92 Å². The zero-order valence-electron chi connectivity index (χ0n) is 18.7. The van der Waals surface area contributed by atoms with E-state index in [9.17, 15) is 18.3 Å². The molecule has 1 saturated heterocycles. The normalized spacial score (nSPS) is 20.4. The number of likely N-dealkylation sites (tertiary alicyclic amines) is 1. The Hall–Kier alpha value is -2.66. The maximum atomic E-state index is 11.7. The van der Waals surface area contributed by atoms with Crippen LogP contribution in [0.25, 0.3) is 0 Å². The largest absolute Gasteiger partial charge is 0.474 e. The highest BCUT2D eigenvalue weighted by molar-refractivity contribution is 7.90. The van der Waals surface area contributed by atoms with Gasteiger partial charge in [-0.15, -0.1) is 12.4 Å². The van der Waals surface area contributed by atoms with Gasteiger partial charge in [0.05, 0.1) is 10.5 Å². The highest BCUT2D eigenvalue weighted by Crippen LogP contribution is 2.37. The van der Waals surface area contributed by atoms with Crippen molar-refractivity contribution in [2.24, 2.45) is 5.92 Å². The maximum absolute atomic E-state index is 11.7. The fourth-order valence-corrected chi connectivity index (χ4v) is 4.90. The van der Waals surface area contributed by atoms with Gasteiger partial charge in [0.15, 0.2) is 9.84 Å². The first kappa shape index (κ1) is 25.0. The lowest BCUT2D eigenvalue weighted by molar-refractivity contribution is 0.0361. The minimum atomic E-state index is -3.31. The third kappa shape index (κ3) is 5.14. The Balaban J connectivity index is 0.00000306. The van der Waals surface area contributed by atoms with Crippen molar-refractivity contribution in [3.05, 3.63) is 30.2 Å². The molecular formula is C21H28ClN5O5S. The van der Waals surface area contributed by atoms with Gasteiger partial charge in [-0.25, -0.2) is 28.2 Å². The number of anilines is 2. The van der Waals surface area contributed by atoms with Crippen molar-refractivity contribution in [3.63, 3.8) is 0 Å². The van der Waals surface area contributed by atoms with E-state index in [1.807, 2.05) is 18.7 Å². The quantitative estimate of drug-likeness (QED) is 0.663. The average Bonchev–Trinajstić information content (AvgIpc) is 3.18. The molecule has 0 bridgehead atoms. The van der Waals surface area contributed by atoms with Crippen LogP contribution in [0.2, 0.25) is 0 Å². The van der Waals surface area contributed by atoms with Crippen molar-refractivity contribution in [1.29, 1.82) is 0 Å². The minimum Gasteiger partial charge on any atom is -0.474 e. The van der Waals surface area contributed by atoms with Crippen LogP contribution in [0.1, 0.15) is 32.3 Å². The monoisotopic (exact) mass is 497 g/mol.